The Balaban J connectivity index is 1.55. The second-order valence-electron chi connectivity index (χ2n) is 7.88. The Kier molecular flexibility index (Phi) is 4.67. The van der Waals surface area contributed by atoms with E-state index in [4.69, 9.17) is 0 Å². The smallest absolute Gasteiger partial charge is 0.354 e. The van der Waals surface area contributed by atoms with Gasteiger partial charge >= 0.3 is 5.97 Å². The highest BCUT2D eigenvalue weighted by molar-refractivity contribution is 5.93. The lowest BCUT2D eigenvalue weighted by Crippen LogP contribution is -2.31. The number of benzene rings is 2. The van der Waals surface area contributed by atoms with Crippen LogP contribution in [0.3, 0.4) is 0 Å². The number of fused-ring (bicyclic) bond motifs is 2. The predicted molar refractivity (Wildman–Crippen MR) is 118 cm³/mol. The molecule has 2 aromatic heterocycles. The minimum Gasteiger partial charge on any atom is -0.477 e. The van der Waals surface area contributed by atoms with Crippen LogP contribution in [0.1, 0.15) is 34.3 Å². The van der Waals surface area contributed by atoms with E-state index in [1.165, 1.54) is 0 Å². The standard InChI is InChI=1S/C24H22N4O3/c1-27-13-17(12-25-27)15-6-7-22-19(10-15)23(29)8-9-28(22)14-21-18-5-3-2-4-16(18)11-20(26-21)24(30)31/h2-7,10-13,23,29H,8-9,14H2,1H3,(H,30,31). The van der Waals surface area contributed by atoms with Gasteiger partial charge in [0.1, 0.15) is 5.69 Å². The maximum atomic E-state index is 11.6. The molecule has 0 saturated carbocycles. The SMILES string of the molecule is Cn1cc(-c2ccc3c(c2)C(O)CCN3Cc2nc(C(=O)O)cc3ccccc23)cn1. The van der Waals surface area contributed by atoms with Gasteiger partial charge in [-0.2, -0.15) is 5.10 Å². The summed E-state index contributed by atoms with van der Waals surface area (Å²) in [4.78, 5) is 18.2. The number of aryl methyl sites for hydroxylation is 1. The number of anilines is 1. The summed E-state index contributed by atoms with van der Waals surface area (Å²) >= 11 is 0. The van der Waals surface area contributed by atoms with Crippen molar-refractivity contribution in [1.82, 2.24) is 14.8 Å². The molecule has 7 nitrogen and oxygen atoms in total. The number of aliphatic hydroxyl groups excluding tert-OH is 1. The molecule has 2 N–H and O–H groups in total. The lowest BCUT2D eigenvalue weighted by Gasteiger charge is -2.34. The quantitative estimate of drug-likeness (QED) is 0.528. The highest BCUT2D eigenvalue weighted by Gasteiger charge is 2.25. The lowest BCUT2D eigenvalue weighted by molar-refractivity contribution is 0.0690. The third-order valence-corrected chi connectivity index (χ3v) is 5.82. The molecule has 0 bridgehead atoms. The fourth-order valence-electron chi connectivity index (χ4n) is 4.26. The Labute approximate surface area is 179 Å². The zero-order chi connectivity index (χ0) is 21.5. The van der Waals surface area contributed by atoms with Crippen molar-refractivity contribution in [3.63, 3.8) is 0 Å². The van der Waals surface area contributed by atoms with Gasteiger partial charge in [-0.15, -0.1) is 0 Å². The number of aliphatic hydroxyl groups is 1. The van der Waals surface area contributed by atoms with Crippen LogP contribution in [0.25, 0.3) is 21.9 Å². The number of carboxylic acid groups (broad SMARTS) is 1. The first-order chi connectivity index (χ1) is 15.0. The van der Waals surface area contributed by atoms with Gasteiger partial charge in [0.15, 0.2) is 0 Å². The van der Waals surface area contributed by atoms with Gasteiger partial charge in [0.05, 0.1) is 24.5 Å². The van der Waals surface area contributed by atoms with Crippen molar-refractivity contribution < 1.29 is 15.0 Å². The molecule has 1 aliphatic rings. The number of aromatic carboxylic acids is 1. The topological polar surface area (TPSA) is 91.5 Å². The van der Waals surface area contributed by atoms with Crippen LogP contribution in [0, 0.1) is 0 Å². The molecule has 156 valence electrons. The number of pyridine rings is 1. The molecule has 0 spiro atoms. The van der Waals surface area contributed by atoms with Crippen LogP contribution < -0.4 is 4.90 Å². The second kappa shape index (κ2) is 7.52. The number of nitrogens with zero attached hydrogens (tertiary/aromatic N) is 4. The summed E-state index contributed by atoms with van der Waals surface area (Å²) in [5.74, 6) is -1.04. The number of hydrogen-bond donors (Lipinski definition) is 2. The van der Waals surface area contributed by atoms with Crippen molar-refractivity contribution in [1.29, 1.82) is 0 Å². The average Bonchev–Trinajstić information content (AvgIpc) is 3.21. The molecule has 1 atom stereocenters. The first-order valence-corrected chi connectivity index (χ1v) is 10.2. The van der Waals surface area contributed by atoms with Crippen molar-refractivity contribution in [2.75, 3.05) is 11.4 Å². The van der Waals surface area contributed by atoms with E-state index in [9.17, 15) is 15.0 Å². The molecule has 4 aromatic rings. The van der Waals surface area contributed by atoms with E-state index in [0.717, 1.165) is 33.2 Å². The summed E-state index contributed by atoms with van der Waals surface area (Å²) in [7, 11) is 1.88. The summed E-state index contributed by atoms with van der Waals surface area (Å²) in [6.45, 7) is 1.13. The molecule has 1 unspecified atom stereocenters. The van der Waals surface area contributed by atoms with Gasteiger partial charge in [0, 0.05) is 42.0 Å². The number of hydrogen-bond acceptors (Lipinski definition) is 5. The largest absolute Gasteiger partial charge is 0.477 e. The zero-order valence-corrected chi connectivity index (χ0v) is 17.1. The van der Waals surface area contributed by atoms with Crippen molar-refractivity contribution in [2.24, 2.45) is 7.05 Å². The second-order valence-corrected chi connectivity index (χ2v) is 7.88. The van der Waals surface area contributed by atoms with E-state index in [0.29, 0.717) is 25.2 Å². The summed E-state index contributed by atoms with van der Waals surface area (Å²) < 4.78 is 1.75. The van der Waals surface area contributed by atoms with Crippen LogP contribution in [0.15, 0.2) is 60.9 Å². The summed E-state index contributed by atoms with van der Waals surface area (Å²) in [5, 5.41) is 26.2. The molecule has 3 heterocycles. The van der Waals surface area contributed by atoms with E-state index < -0.39 is 12.1 Å². The Morgan fingerprint density at radius 1 is 1.16 bits per heavy atom. The van der Waals surface area contributed by atoms with Gasteiger partial charge < -0.3 is 15.1 Å². The highest BCUT2D eigenvalue weighted by atomic mass is 16.4. The first kappa shape index (κ1) is 19.3. The maximum absolute atomic E-state index is 11.6. The minimum atomic E-state index is -1.04. The molecule has 0 aliphatic carbocycles. The Hall–Kier alpha value is -3.71. The molecule has 1 aliphatic heterocycles. The van der Waals surface area contributed by atoms with Crippen LogP contribution in [-0.2, 0) is 13.6 Å². The predicted octanol–water partition coefficient (Wildman–Crippen LogP) is 3.78. The molecule has 0 saturated heterocycles. The van der Waals surface area contributed by atoms with Gasteiger partial charge in [-0.1, -0.05) is 30.3 Å². The molecule has 0 amide bonds. The van der Waals surface area contributed by atoms with Gasteiger partial charge in [-0.25, -0.2) is 9.78 Å². The lowest BCUT2D eigenvalue weighted by atomic mass is 9.94. The van der Waals surface area contributed by atoms with Crippen molar-refractivity contribution in [3.8, 4) is 11.1 Å². The molecule has 31 heavy (non-hydrogen) atoms. The van der Waals surface area contributed by atoms with E-state index in [2.05, 4.69) is 15.0 Å². The highest BCUT2D eigenvalue weighted by Crippen LogP contribution is 2.37. The van der Waals surface area contributed by atoms with Crippen LogP contribution in [-0.4, -0.2) is 37.5 Å². The molecular weight excluding hydrogens is 392 g/mol. The van der Waals surface area contributed by atoms with E-state index in [-0.39, 0.29) is 5.69 Å². The van der Waals surface area contributed by atoms with Crippen LogP contribution in [0.5, 0.6) is 0 Å². The van der Waals surface area contributed by atoms with Crippen molar-refractivity contribution >= 4 is 22.4 Å². The first-order valence-electron chi connectivity index (χ1n) is 10.2. The maximum Gasteiger partial charge on any atom is 0.354 e. The monoisotopic (exact) mass is 414 g/mol. The average molecular weight is 414 g/mol. The number of aromatic nitrogens is 3. The molecule has 0 fully saturated rings. The fraction of sp³-hybridized carbons (Fsp3) is 0.208. The zero-order valence-electron chi connectivity index (χ0n) is 17.1. The Bertz CT molecular complexity index is 1300. The minimum absolute atomic E-state index is 0.0397. The molecule has 0 radical (unpaired) electrons. The number of rotatable bonds is 4. The van der Waals surface area contributed by atoms with Gasteiger partial charge in [0.2, 0.25) is 0 Å². The van der Waals surface area contributed by atoms with Gasteiger partial charge in [0.25, 0.3) is 0 Å². The van der Waals surface area contributed by atoms with E-state index >= 15 is 0 Å². The van der Waals surface area contributed by atoms with Gasteiger partial charge in [-0.3, -0.25) is 4.68 Å². The molecule has 2 aromatic carbocycles. The fourth-order valence-corrected chi connectivity index (χ4v) is 4.26. The van der Waals surface area contributed by atoms with Gasteiger partial charge in [-0.05, 0) is 35.6 Å². The van der Waals surface area contributed by atoms with E-state index in [1.54, 1.807) is 10.7 Å². The Morgan fingerprint density at radius 3 is 2.77 bits per heavy atom. The molecule has 7 heteroatoms. The number of carboxylic acids is 1. The van der Waals surface area contributed by atoms with Crippen LogP contribution in [0.4, 0.5) is 5.69 Å². The Morgan fingerprint density at radius 2 is 2.00 bits per heavy atom. The summed E-state index contributed by atoms with van der Waals surface area (Å²) in [5.41, 5.74) is 4.57. The van der Waals surface area contributed by atoms with E-state index in [1.807, 2.05) is 61.9 Å². The number of carbonyl (C=O) groups is 1. The summed E-state index contributed by atoms with van der Waals surface area (Å²) in [6.07, 6.45) is 3.81. The van der Waals surface area contributed by atoms with Crippen molar-refractivity contribution in [3.05, 3.63) is 77.9 Å². The summed E-state index contributed by atoms with van der Waals surface area (Å²) in [6, 6.07) is 15.4. The normalized spacial score (nSPS) is 15.8. The molecular formula is C24H22N4O3. The van der Waals surface area contributed by atoms with Crippen molar-refractivity contribution in [2.45, 2.75) is 19.1 Å². The third-order valence-electron chi connectivity index (χ3n) is 5.82. The third kappa shape index (κ3) is 3.53. The van der Waals surface area contributed by atoms with Crippen LogP contribution >= 0.6 is 0 Å². The van der Waals surface area contributed by atoms with Crippen LogP contribution in [0.2, 0.25) is 0 Å². The molecule has 5 rings (SSSR count).